The number of thioether (sulfide) groups is 1. The Morgan fingerprint density at radius 2 is 1.82 bits per heavy atom. The molecule has 2 aliphatic heterocycles. The minimum atomic E-state index is -1.27. The van der Waals surface area contributed by atoms with Gasteiger partial charge in [-0.05, 0) is 42.5 Å². The maximum atomic E-state index is 14.2. The Labute approximate surface area is 220 Å². The van der Waals surface area contributed by atoms with Crippen molar-refractivity contribution < 1.29 is 23.8 Å². The summed E-state index contributed by atoms with van der Waals surface area (Å²) in [7, 11) is 1.56. The van der Waals surface area contributed by atoms with Crippen LogP contribution in [0.3, 0.4) is 0 Å². The summed E-state index contributed by atoms with van der Waals surface area (Å²) in [5.74, 6) is 0.755. The van der Waals surface area contributed by atoms with Gasteiger partial charge in [0.2, 0.25) is 10.8 Å². The number of methoxy groups -OCH3 is 1. The number of aromatic nitrogens is 2. The van der Waals surface area contributed by atoms with Crippen molar-refractivity contribution in [2.75, 3.05) is 22.7 Å². The van der Waals surface area contributed by atoms with E-state index >= 15 is 0 Å². The second kappa shape index (κ2) is 8.99. The van der Waals surface area contributed by atoms with E-state index in [1.54, 1.807) is 41.2 Å². The van der Waals surface area contributed by atoms with E-state index in [4.69, 9.17) is 9.26 Å². The SMILES string of the molecule is COc1ccc(N2C(=O)CSC23C(=O)N(Cc2noc(-c4ccc([N+](=O)[O-])cc4)n2)c2ccccc23)cc1. The van der Waals surface area contributed by atoms with E-state index in [9.17, 15) is 19.7 Å². The smallest absolute Gasteiger partial charge is 0.269 e. The van der Waals surface area contributed by atoms with Gasteiger partial charge >= 0.3 is 0 Å². The number of carbonyl (C=O) groups excluding carboxylic acids is 2. The number of carbonyl (C=O) groups is 2. The van der Waals surface area contributed by atoms with Gasteiger partial charge in [-0.15, -0.1) is 11.8 Å². The molecular weight excluding hydrogens is 510 g/mol. The monoisotopic (exact) mass is 529 g/mol. The standard InChI is InChI=1S/C26H19N5O6S/c1-36-19-12-10-17(11-13-19)30-23(32)15-38-26(30)20-4-2-3-5-21(20)29(25(26)33)14-22-27-24(37-28-22)16-6-8-18(9-7-16)31(34)35/h2-13H,14-15H2,1H3. The number of para-hydroxylation sites is 1. The number of nitro groups is 1. The van der Waals surface area contributed by atoms with Crippen molar-refractivity contribution in [3.05, 3.63) is 94.3 Å². The fourth-order valence-corrected chi connectivity index (χ4v) is 6.11. The van der Waals surface area contributed by atoms with Gasteiger partial charge in [-0.25, -0.2) is 0 Å². The maximum absolute atomic E-state index is 14.2. The van der Waals surface area contributed by atoms with Crippen LogP contribution in [0.4, 0.5) is 17.1 Å². The highest BCUT2D eigenvalue weighted by Gasteiger charge is 2.61. The lowest BCUT2D eigenvalue weighted by molar-refractivity contribution is -0.384. The predicted octanol–water partition coefficient (Wildman–Crippen LogP) is 4.13. The summed E-state index contributed by atoms with van der Waals surface area (Å²) in [6.07, 6.45) is 0. The number of amides is 2. The molecule has 0 aliphatic carbocycles. The molecule has 2 amide bonds. The van der Waals surface area contributed by atoms with Crippen molar-refractivity contribution >= 4 is 40.6 Å². The number of rotatable bonds is 6. The van der Waals surface area contributed by atoms with Crippen LogP contribution < -0.4 is 14.5 Å². The molecule has 190 valence electrons. The lowest BCUT2D eigenvalue weighted by Crippen LogP contribution is -2.49. The van der Waals surface area contributed by atoms with E-state index in [-0.39, 0.29) is 41.5 Å². The minimum Gasteiger partial charge on any atom is -0.497 e. The third-order valence-corrected chi connectivity index (χ3v) is 7.87. The topological polar surface area (TPSA) is 132 Å². The third kappa shape index (κ3) is 3.60. The highest BCUT2D eigenvalue weighted by atomic mass is 32.2. The lowest BCUT2D eigenvalue weighted by Gasteiger charge is -2.33. The highest BCUT2D eigenvalue weighted by Crippen LogP contribution is 2.56. The summed E-state index contributed by atoms with van der Waals surface area (Å²) in [4.78, 5) is 44.0. The van der Waals surface area contributed by atoms with Crippen molar-refractivity contribution in [2.24, 2.45) is 0 Å². The normalized spacial score (nSPS) is 18.3. The number of benzene rings is 3. The molecule has 4 aromatic rings. The summed E-state index contributed by atoms with van der Waals surface area (Å²) >= 11 is 1.28. The van der Waals surface area contributed by atoms with Gasteiger partial charge in [-0.1, -0.05) is 23.4 Å². The summed E-state index contributed by atoms with van der Waals surface area (Å²) in [6, 6.07) is 20.1. The van der Waals surface area contributed by atoms with E-state index in [0.29, 0.717) is 28.3 Å². The number of anilines is 2. The molecule has 3 heterocycles. The molecule has 1 atom stereocenters. The highest BCUT2D eigenvalue weighted by molar-refractivity contribution is 8.02. The molecular formula is C26H19N5O6S. The van der Waals surface area contributed by atoms with Crippen LogP contribution in [0.1, 0.15) is 11.4 Å². The van der Waals surface area contributed by atoms with Gasteiger partial charge in [-0.3, -0.25) is 24.6 Å². The molecule has 11 nitrogen and oxygen atoms in total. The van der Waals surface area contributed by atoms with Crippen LogP contribution in [-0.4, -0.2) is 39.7 Å². The zero-order valence-corrected chi connectivity index (χ0v) is 20.8. The Kier molecular flexibility index (Phi) is 5.60. The first kappa shape index (κ1) is 23.7. The molecule has 0 N–H and O–H groups in total. The van der Waals surface area contributed by atoms with Crippen LogP contribution in [0.25, 0.3) is 11.5 Å². The van der Waals surface area contributed by atoms with Gasteiger partial charge < -0.3 is 14.2 Å². The second-order valence-corrected chi connectivity index (χ2v) is 9.76. The molecule has 1 fully saturated rings. The van der Waals surface area contributed by atoms with Crippen LogP contribution in [0, 0.1) is 10.1 Å². The number of fused-ring (bicyclic) bond motifs is 2. The largest absolute Gasteiger partial charge is 0.497 e. The first-order valence-electron chi connectivity index (χ1n) is 11.5. The first-order chi connectivity index (χ1) is 18.4. The molecule has 1 spiro atoms. The van der Waals surface area contributed by atoms with Crippen molar-refractivity contribution in [2.45, 2.75) is 11.4 Å². The number of hydrogen-bond acceptors (Lipinski definition) is 9. The second-order valence-electron chi connectivity index (χ2n) is 8.59. The van der Waals surface area contributed by atoms with Crippen LogP contribution >= 0.6 is 11.8 Å². The fourth-order valence-electron chi connectivity index (χ4n) is 4.75. The van der Waals surface area contributed by atoms with Gasteiger partial charge in [0.1, 0.15) is 5.75 Å². The van der Waals surface area contributed by atoms with Gasteiger partial charge in [-0.2, -0.15) is 4.98 Å². The molecule has 38 heavy (non-hydrogen) atoms. The van der Waals surface area contributed by atoms with Crippen molar-refractivity contribution in [1.82, 2.24) is 10.1 Å². The summed E-state index contributed by atoms with van der Waals surface area (Å²) in [5.41, 5.74) is 2.41. The fraction of sp³-hybridized carbons (Fsp3) is 0.154. The van der Waals surface area contributed by atoms with Crippen molar-refractivity contribution in [3.8, 4) is 17.2 Å². The molecule has 1 saturated heterocycles. The Morgan fingerprint density at radius 1 is 1.08 bits per heavy atom. The van der Waals surface area contributed by atoms with Crippen LogP contribution in [0.15, 0.2) is 77.3 Å². The van der Waals surface area contributed by atoms with Crippen LogP contribution in [0.5, 0.6) is 5.75 Å². The number of non-ortho nitro benzene ring substituents is 1. The molecule has 6 rings (SSSR count). The zero-order chi connectivity index (χ0) is 26.4. The lowest BCUT2D eigenvalue weighted by atomic mass is 10.0. The maximum Gasteiger partial charge on any atom is 0.269 e. The van der Waals surface area contributed by atoms with Gasteiger partial charge in [0.25, 0.3) is 17.5 Å². The predicted molar refractivity (Wildman–Crippen MR) is 139 cm³/mol. The number of hydrogen-bond donors (Lipinski definition) is 0. The van der Waals surface area contributed by atoms with Crippen molar-refractivity contribution in [3.63, 3.8) is 0 Å². The molecule has 0 saturated carbocycles. The van der Waals surface area contributed by atoms with E-state index in [2.05, 4.69) is 10.1 Å². The van der Waals surface area contributed by atoms with Crippen LogP contribution in [-0.2, 0) is 21.0 Å². The van der Waals surface area contributed by atoms with E-state index in [1.807, 2.05) is 24.3 Å². The quantitative estimate of drug-likeness (QED) is 0.267. The van der Waals surface area contributed by atoms with E-state index in [0.717, 1.165) is 0 Å². The number of nitrogens with zero attached hydrogens (tertiary/aromatic N) is 5. The zero-order valence-electron chi connectivity index (χ0n) is 19.9. The molecule has 2 aliphatic rings. The molecule has 3 aromatic carbocycles. The Hall–Kier alpha value is -4.71. The summed E-state index contributed by atoms with van der Waals surface area (Å²) < 4.78 is 10.6. The Bertz CT molecular complexity index is 1570. The van der Waals surface area contributed by atoms with E-state index in [1.165, 1.54) is 36.0 Å². The third-order valence-electron chi connectivity index (χ3n) is 6.49. The molecule has 0 bridgehead atoms. The average Bonchev–Trinajstić information content (AvgIpc) is 3.62. The summed E-state index contributed by atoms with van der Waals surface area (Å²) in [6.45, 7) is 0.0132. The molecule has 0 radical (unpaired) electrons. The Balaban J connectivity index is 1.34. The molecule has 1 unspecified atom stereocenters. The van der Waals surface area contributed by atoms with Gasteiger partial charge in [0.05, 0.1) is 30.0 Å². The molecule has 1 aromatic heterocycles. The van der Waals surface area contributed by atoms with E-state index < -0.39 is 9.79 Å². The van der Waals surface area contributed by atoms with Crippen LogP contribution in [0.2, 0.25) is 0 Å². The van der Waals surface area contributed by atoms with Crippen molar-refractivity contribution in [1.29, 1.82) is 0 Å². The summed E-state index contributed by atoms with van der Waals surface area (Å²) in [5, 5.41) is 15.0. The number of ether oxygens (including phenoxy) is 1. The Morgan fingerprint density at radius 3 is 2.53 bits per heavy atom. The number of nitro benzene ring substituents is 1. The average molecular weight is 530 g/mol. The van der Waals surface area contributed by atoms with Gasteiger partial charge in [0.15, 0.2) is 5.82 Å². The molecule has 12 heteroatoms. The van der Waals surface area contributed by atoms with Gasteiger partial charge in [0, 0.05) is 28.9 Å². The minimum absolute atomic E-state index is 0.0132. The first-order valence-corrected chi connectivity index (χ1v) is 12.5.